The van der Waals surface area contributed by atoms with E-state index in [-0.39, 0.29) is 23.8 Å². The van der Waals surface area contributed by atoms with Gasteiger partial charge in [-0.05, 0) is 23.6 Å². The van der Waals surface area contributed by atoms with E-state index >= 15 is 0 Å². The molecule has 2 N–H and O–H groups in total. The molecule has 1 heterocycles. The Morgan fingerprint density at radius 1 is 1.29 bits per heavy atom. The molecule has 2 rings (SSSR count). The topological polar surface area (TPSA) is 94.9 Å². The standard InChI is InChI=1S/C14H19NO5S/c1-9(2)10-3-5-12(6-4-10)21(19,20)15-8-11(16)7-13(15)14(17)18/h3-6,9,11,13,16H,7-8H2,1-2H3,(H,17,18)/t11-,13+/m0/s1. The van der Waals surface area contributed by atoms with Gasteiger partial charge in [0.25, 0.3) is 0 Å². The molecule has 0 aromatic heterocycles. The van der Waals surface area contributed by atoms with Gasteiger partial charge in [0.2, 0.25) is 10.0 Å². The van der Waals surface area contributed by atoms with Gasteiger partial charge >= 0.3 is 5.97 Å². The number of rotatable bonds is 4. The minimum atomic E-state index is -3.92. The number of aliphatic hydroxyl groups is 1. The molecule has 1 saturated heterocycles. The monoisotopic (exact) mass is 313 g/mol. The minimum Gasteiger partial charge on any atom is -0.480 e. The lowest BCUT2D eigenvalue weighted by Crippen LogP contribution is -2.40. The van der Waals surface area contributed by atoms with Gasteiger partial charge in [-0.25, -0.2) is 8.42 Å². The number of carbonyl (C=O) groups is 1. The van der Waals surface area contributed by atoms with Crippen molar-refractivity contribution in [3.8, 4) is 0 Å². The normalized spacial score (nSPS) is 23.6. The highest BCUT2D eigenvalue weighted by Crippen LogP contribution is 2.27. The van der Waals surface area contributed by atoms with Crippen molar-refractivity contribution in [2.24, 2.45) is 0 Å². The first-order chi connectivity index (χ1) is 9.73. The van der Waals surface area contributed by atoms with Crippen molar-refractivity contribution >= 4 is 16.0 Å². The van der Waals surface area contributed by atoms with Crippen LogP contribution in [0.2, 0.25) is 0 Å². The first kappa shape index (κ1) is 15.9. The number of benzene rings is 1. The maximum Gasteiger partial charge on any atom is 0.322 e. The Balaban J connectivity index is 2.35. The Labute approximate surface area is 124 Å². The number of hydrogen-bond donors (Lipinski definition) is 2. The highest BCUT2D eigenvalue weighted by molar-refractivity contribution is 7.89. The molecule has 7 heteroatoms. The predicted molar refractivity (Wildman–Crippen MR) is 76.5 cm³/mol. The van der Waals surface area contributed by atoms with Crippen LogP contribution in [0.5, 0.6) is 0 Å². The Hall–Kier alpha value is -1.44. The van der Waals surface area contributed by atoms with E-state index in [0.717, 1.165) is 9.87 Å². The van der Waals surface area contributed by atoms with Gasteiger partial charge < -0.3 is 10.2 Å². The van der Waals surface area contributed by atoms with Gasteiger partial charge in [0, 0.05) is 13.0 Å². The summed E-state index contributed by atoms with van der Waals surface area (Å²) in [7, 11) is -3.92. The maximum atomic E-state index is 12.5. The lowest BCUT2D eigenvalue weighted by atomic mass is 10.0. The molecule has 2 atom stereocenters. The van der Waals surface area contributed by atoms with Crippen LogP contribution >= 0.6 is 0 Å². The lowest BCUT2D eigenvalue weighted by molar-refractivity contribution is -0.140. The average molecular weight is 313 g/mol. The van der Waals surface area contributed by atoms with Crippen molar-refractivity contribution in [2.75, 3.05) is 6.54 Å². The Kier molecular flexibility index (Phi) is 4.36. The van der Waals surface area contributed by atoms with Crippen LogP contribution in [0.15, 0.2) is 29.2 Å². The number of carboxylic acid groups (broad SMARTS) is 1. The zero-order chi connectivity index (χ0) is 15.8. The number of β-amino-alcohol motifs (C(OH)–C–C–N with tert-alkyl or cyclic N) is 1. The zero-order valence-corrected chi connectivity index (χ0v) is 12.7. The molecule has 0 aliphatic carbocycles. The SMILES string of the molecule is CC(C)c1ccc(S(=O)(=O)N2C[C@@H](O)C[C@@H]2C(=O)O)cc1. The summed E-state index contributed by atoms with van der Waals surface area (Å²) in [5, 5.41) is 18.7. The highest BCUT2D eigenvalue weighted by Gasteiger charge is 2.43. The van der Waals surface area contributed by atoms with Gasteiger partial charge in [0.1, 0.15) is 6.04 Å². The van der Waals surface area contributed by atoms with Crippen LogP contribution in [0.1, 0.15) is 31.7 Å². The van der Waals surface area contributed by atoms with E-state index in [4.69, 9.17) is 5.11 Å². The van der Waals surface area contributed by atoms with Gasteiger partial charge in [-0.15, -0.1) is 0 Å². The van der Waals surface area contributed by atoms with Crippen LogP contribution in [0.4, 0.5) is 0 Å². The zero-order valence-electron chi connectivity index (χ0n) is 11.9. The van der Waals surface area contributed by atoms with Crippen molar-refractivity contribution in [3.05, 3.63) is 29.8 Å². The third-order valence-corrected chi connectivity index (χ3v) is 5.56. The van der Waals surface area contributed by atoms with E-state index < -0.39 is 28.1 Å². The third kappa shape index (κ3) is 3.09. The van der Waals surface area contributed by atoms with Crippen LogP contribution in [0.25, 0.3) is 0 Å². The molecule has 0 spiro atoms. The molecule has 21 heavy (non-hydrogen) atoms. The number of aliphatic carboxylic acids is 1. The molecule has 116 valence electrons. The summed E-state index contributed by atoms with van der Waals surface area (Å²) in [5.74, 6) is -0.962. The summed E-state index contributed by atoms with van der Waals surface area (Å²) in [6, 6.07) is 5.19. The summed E-state index contributed by atoms with van der Waals surface area (Å²) < 4.78 is 25.9. The molecule has 0 saturated carbocycles. The van der Waals surface area contributed by atoms with Crippen LogP contribution in [0.3, 0.4) is 0 Å². The first-order valence-corrected chi connectivity index (χ1v) is 8.20. The largest absolute Gasteiger partial charge is 0.480 e. The summed E-state index contributed by atoms with van der Waals surface area (Å²) in [6.07, 6.45) is -1.03. The Morgan fingerprint density at radius 2 is 1.86 bits per heavy atom. The quantitative estimate of drug-likeness (QED) is 0.865. The Morgan fingerprint density at radius 3 is 2.33 bits per heavy atom. The smallest absolute Gasteiger partial charge is 0.322 e. The van der Waals surface area contributed by atoms with Crippen molar-refractivity contribution in [2.45, 2.75) is 43.2 Å². The molecule has 0 bridgehead atoms. The fourth-order valence-corrected chi connectivity index (χ4v) is 4.06. The third-order valence-electron chi connectivity index (χ3n) is 3.67. The highest BCUT2D eigenvalue weighted by atomic mass is 32.2. The summed E-state index contributed by atoms with van der Waals surface area (Å²) in [6.45, 7) is 3.81. The second-order valence-corrected chi connectivity index (χ2v) is 7.43. The molecule has 1 aliphatic rings. The van der Waals surface area contributed by atoms with Gasteiger partial charge in [-0.1, -0.05) is 26.0 Å². The molecule has 1 fully saturated rings. The molecule has 6 nitrogen and oxygen atoms in total. The molecule has 0 amide bonds. The predicted octanol–water partition coefficient (Wildman–Crippen LogP) is 1.02. The molecule has 1 aromatic rings. The van der Waals surface area contributed by atoms with E-state index in [9.17, 15) is 18.3 Å². The number of sulfonamides is 1. The Bertz CT molecular complexity index is 623. The fraction of sp³-hybridized carbons (Fsp3) is 0.500. The van der Waals surface area contributed by atoms with E-state index in [1.807, 2.05) is 13.8 Å². The number of aliphatic hydroxyl groups excluding tert-OH is 1. The number of nitrogens with zero attached hydrogens (tertiary/aromatic N) is 1. The van der Waals surface area contributed by atoms with Crippen LogP contribution in [-0.4, -0.2) is 47.6 Å². The van der Waals surface area contributed by atoms with Crippen molar-refractivity contribution < 1.29 is 23.4 Å². The van der Waals surface area contributed by atoms with E-state index in [1.165, 1.54) is 12.1 Å². The number of hydrogen-bond acceptors (Lipinski definition) is 4. The molecule has 1 aliphatic heterocycles. The number of carboxylic acids is 1. The van der Waals surface area contributed by atoms with Gasteiger partial charge in [-0.2, -0.15) is 4.31 Å². The first-order valence-electron chi connectivity index (χ1n) is 6.76. The van der Waals surface area contributed by atoms with E-state index in [1.54, 1.807) is 12.1 Å². The molecule has 1 aromatic carbocycles. The second kappa shape index (κ2) is 5.75. The van der Waals surface area contributed by atoms with Gasteiger partial charge in [0.05, 0.1) is 11.0 Å². The van der Waals surface area contributed by atoms with Crippen LogP contribution < -0.4 is 0 Å². The van der Waals surface area contributed by atoms with Crippen molar-refractivity contribution in [1.29, 1.82) is 0 Å². The van der Waals surface area contributed by atoms with Crippen molar-refractivity contribution in [1.82, 2.24) is 4.31 Å². The molecular weight excluding hydrogens is 294 g/mol. The van der Waals surface area contributed by atoms with E-state index in [2.05, 4.69) is 0 Å². The average Bonchev–Trinajstić information content (AvgIpc) is 2.82. The van der Waals surface area contributed by atoms with Crippen LogP contribution in [-0.2, 0) is 14.8 Å². The summed E-state index contributed by atoms with van der Waals surface area (Å²) in [4.78, 5) is 11.2. The summed E-state index contributed by atoms with van der Waals surface area (Å²) >= 11 is 0. The molecule has 0 unspecified atom stereocenters. The van der Waals surface area contributed by atoms with Gasteiger partial charge in [0.15, 0.2) is 0 Å². The fourth-order valence-electron chi connectivity index (χ4n) is 2.43. The maximum absolute atomic E-state index is 12.5. The molecule has 0 radical (unpaired) electrons. The summed E-state index contributed by atoms with van der Waals surface area (Å²) in [5.41, 5.74) is 1.00. The van der Waals surface area contributed by atoms with E-state index in [0.29, 0.717) is 0 Å². The van der Waals surface area contributed by atoms with Crippen molar-refractivity contribution in [3.63, 3.8) is 0 Å². The minimum absolute atomic E-state index is 0.0484. The van der Waals surface area contributed by atoms with Gasteiger partial charge in [-0.3, -0.25) is 4.79 Å². The lowest BCUT2D eigenvalue weighted by Gasteiger charge is -2.21. The second-order valence-electron chi connectivity index (χ2n) is 5.54. The van der Waals surface area contributed by atoms with Crippen LogP contribution in [0, 0.1) is 0 Å². The molecular formula is C14H19NO5S.